The maximum Gasteiger partial charge on any atom is 0.200 e. The molecule has 0 aliphatic carbocycles. The molecule has 0 amide bonds. The first-order valence-electron chi connectivity index (χ1n) is 5.58. The third kappa shape index (κ3) is 1.43. The van der Waals surface area contributed by atoms with Crippen LogP contribution in [0.1, 0.15) is 17.3 Å². The number of pyridine rings is 2. The van der Waals surface area contributed by atoms with Crippen molar-refractivity contribution in [3.8, 4) is 0 Å². The van der Waals surface area contributed by atoms with E-state index in [1.54, 1.807) is 12.3 Å². The van der Waals surface area contributed by atoms with E-state index < -0.39 is 0 Å². The van der Waals surface area contributed by atoms with Crippen molar-refractivity contribution >= 4 is 27.6 Å². The van der Waals surface area contributed by atoms with Crippen LogP contribution in [-0.4, -0.2) is 15.8 Å². The molecule has 0 aliphatic rings. The molecule has 4 heteroatoms. The van der Waals surface area contributed by atoms with Gasteiger partial charge >= 0.3 is 0 Å². The summed E-state index contributed by atoms with van der Waals surface area (Å²) in [5.41, 5.74) is 1.34. The van der Waals surface area contributed by atoms with Crippen LogP contribution in [0.2, 0.25) is 0 Å². The first-order valence-corrected chi connectivity index (χ1v) is 5.58. The molecule has 88 valence electrons. The van der Waals surface area contributed by atoms with Crippen molar-refractivity contribution in [2.45, 2.75) is 6.92 Å². The van der Waals surface area contributed by atoms with Gasteiger partial charge in [-0.05, 0) is 19.1 Å². The summed E-state index contributed by atoms with van der Waals surface area (Å²) in [6.45, 7) is 1.38. The molecule has 0 unspecified atom stereocenters. The fraction of sp³-hybridized carbons (Fsp3) is 0.0714. The van der Waals surface area contributed by atoms with Gasteiger partial charge in [-0.1, -0.05) is 12.1 Å². The second-order valence-corrected chi connectivity index (χ2v) is 4.15. The van der Waals surface area contributed by atoms with Crippen molar-refractivity contribution in [3.05, 3.63) is 52.4 Å². The highest BCUT2D eigenvalue weighted by Gasteiger charge is 2.10. The molecule has 0 aliphatic heterocycles. The molecular weight excluding hydrogens is 228 g/mol. The Labute approximate surface area is 102 Å². The number of nitrogens with zero attached hydrogens (tertiary/aromatic N) is 1. The SMILES string of the molecule is CC(=O)c1c[nH]c2c(ccc3cccnc32)c1=O. The van der Waals surface area contributed by atoms with E-state index in [0.29, 0.717) is 10.9 Å². The van der Waals surface area contributed by atoms with Gasteiger partial charge in [0.15, 0.2) is 11.2 Å². The summed E-state index contributed by atoms with van der Waals surface area (Å²) in [4.78, 5) is 30.8. The van der Waals surface area contributed by atoms with Crippen LogP contribution in [-0.2, 0) is 0 Å². The van der Waals surface area contributed by atoms with Crippen LogP contribution >= 0.6 is 0 Å². The Bertz CT molecular complexity index is 834. The number of aromatic nitrogens is 2. The van der Waals surface area contributed by atoms with Gasteiger partial charge in [0.2, 0.25) is 0 Å². The molecule has 3 rings (SSSR count). The third-order valence-electron chi connectivity index (χ3n) is 3.00. The normalized spacial score (nSPS) is 10.9. The van der Waals surface area contributed by atoms with Gasteiger partial charge in [0, 0.05) is 23.2 Å². The van der Waals surface area contributed by atoms with Crippen LogP contribution in [0, 0.1) is 0 Å². The standard InChI is InChI=1S/C14H10N2O2/c1-8(17)11-7-16-13-10(14(11)18)5-4-9-3-2-6-15-12(9)13/h2-7H,1H3,(H,16,18). The van der Waals surface area contributed by atoms with Crippen LogP contribution in [0.3, 0.4) is 0 Å². The van der Waals surface area contributed by atoms with E-state index in [2.05, 4.69) is 9.97 Å². The monoisotopic (exact) mass is 238 g/mol. The lowest BCUT2D eigenvalue weighted by atomic mass is 10.1. The van der Waals surface area contributed by atoms with Crippen LogP contribution in [0.15, 0.2) is 41.5 Å². The number of aromatic amines is 1. The lowest BCUT2D eigenvalue weighted by Gasteiger charge is -2.03. The minimum absolute atomic E-state index is 0.179. The van der Waals surface area contributed by atoms with Crippen molar-refractivity contribution in [1.29, 1.82) is 0 Å². The minimum atomic E-state index is -0.246. The van der Waals surface area contributed by atoms with Crippen molar-refractivity contribution < 1.29 is 4.79 Å². The highest BCUT2D eigenvalue weighted by molar-refractivity contribution is 6.05. The topological polar surface area (TPSA) is 62.8 Å². The number of hydrogen-bond donors (Lipinski definition) is 1. The number of carbonyl (C=O) groups excluding carboxylic acids is 1. The molecule has 0 radical (unpaired) electrons. The lowest BCUT2D eigenvalue weighted by molar-refractivity contribution is 0.101. The molecule has 3 aromatic rings. The molecule has 0 saturated carbocycles. The Morgan fingerprint density at radius 1 is 1.28 bits per heavy atom. The molecule has 2 heterocycles. The average Bonchev–Trinajstić information content (AvgIpc) is 2.38. The molecule has 1 aromatic carbocycles. The molecule has 2 aromatic heterocycles. The number of fused-ring (bicyclic) bond motifs is 3. The van der Waals surface area contributed by atoms with Gasteiger partial charge in [-0.25, -0.2) is 0 Å². The lowest BCUT2D eigenvalue weighted by Crippen LogP contribution is -2.13. The van der Waals surface area contributed by atoms with E-state index in [1.807, 2.05) is 18.2 Å². The largest absolute Gasteiger partial charge is 0.358 e. The number of Topliss-reactive ketones (excluding diaryl/α,β-unsaturated/α-hetero) is 1. The quantitative estimate of drug-likeness (QED) is 0.522. The van der Waals surface area contributed by atoms with Crippen LogP contribution in [0.25, 0.3) is 21.8 Å². The summed E-state index contributed by atoms with van der Waals surface area (Å²) in [7, 11) is 0. The number of rotatable bonds is 1. The van der Waals surface area contributed by atoms with Gasteiger partial charge in [-0.2, -0.15) is 0 Å². The Kier molecular flexibility index (Phi) is 2.23. The zero-order chi connectivity index (χ0) is 12.7. The number of hydrogen-bond acceptors (Lipinski definition) is 3. The van der Waals surface area contributed by atoms with Crippen molar-refractivity contribution in [2.75, 3.05) is 0 Å². The molecule has 0 spiro atoms. The van der Waals surface area contributed by atoms with Gasteiger partial charge in [-0.3, -0.25) is 14.6 Å². The third-order valence-corrected chi connectivity index (χ3v) is 3.00. The molecule has 4 nitrogen and oxygen atoms in total. The van der Waals surface area contributed by atoms with Crippen LogP contribution in [0.4, 0.5) is 0 Å². The maximum absolute atomic E-state index is 12.1. The number of nitrogens with one attached hydrogen (secondary N) is 1. The van der Waals surface area contributed by atoms with E-state index in [0.717, 1.165) is 10.9 Å². The van der Waals surface area contributed by atoms with E-state index in [1.165, 1.54) is 13.1 Å². The highest BCUT2D eigenvalue weighted by atomic mass is 16.1. The zero-order valence-electron chi connectivity index (χ0n) is 9.73. The van der Waals surface area contributed by atoms with Crippen LogP contribution < -0.4 is 5.43 Å². The predicted molar refractivity (Wildman–Crippen MR) is 69.9 cm³/mol. The zero-order valence-corrected chi connectivity index (χ0v) is 9.73. The molecule has 0 fully saturated rings. The maximum atomic E-state index is 12.1. The van der Waals surface area contributed by atoms with Gasteiger partial charge < -0.3 is 4.98 Å². The molecule has 0 bridgehead atoms. The van der Waals surface area contributed by atoms with Gasteiger partial charge in [0.1, 0.15) is 0 Å². The van der Waals surface area contributed by atoms with Gasteiger partial charge in [0.05, 0.1) is 16.6 Å². The first-order chi connectivity index (χ1) is 8.68. The van der Waals surface area contributed by atoms with E-state index >= 15 is 0 Å². The Morgan fingerprint density at radius 2 is 2.11 bits per heavy atom. The van der Waals surface area contributed by atoms with E-state index in [4.69, 9.17) is 0 Å². The predicted octanol–water partition coefficient (Wildman–Crippen LogP) is 2.28. The number of benzene rings is 1. The Morgan fingerprint density at radius 3 is 2.89 bits per heavy atom. The van der Waals surface area contributed by atoms with Crippen molar-refractivity contribution in [1.82, 2.24) is 9.97 Å². The number of H-pyrrole nitrogens is 1. The Balaban J connectivity index is 2.52. The summed E-state index contributed by atoms with van der Waals surface area (Å²) in [6, 6.07) is 7.34. The smallest absolute Gasteiger partial charge is 0.200 e. The fourth-order valence-corrected chi connectivity index (χ4v) is 2.10. The second kappa shape index (κ2) is 3.77. The molecule has 18 heavy (non-hydrogen) atoms. The summed E-state index contributed by atoms with van der Waals surface area (Å²) in [5.74, 6) is -0.237. The second-order valence-electron chi connectivity index (χ2n) is 4.15. The van der Waals surface area contributed by atoms with E-state index in [-0.39, 0.29) is 16.8 Å². The molecule has 0 saturated heterocycles. The number of ketones is 1. The van der Waals surface area contributed by atoms with Crippen molar-refractivity contribution in [2.24, 2.45) is 0 Å². The van der Waals surface area contributed by atoms with Crippen molar-refractivity contribution in [3.63, 3.8) is 0 Å². The first kappa shape index (κ1) is 10.7. The highest BCUT2D eigenvalue weighted by Crippen LogP contribution is 2.19. The Hall–Kier alpha value is -2.49. The summed E-state index contributed by atoms with van der Waals surface area (Å²) < 4.78 is 0. The summed E-state index contributed by atoms with van der Waals surface area (Å²) >= 11 is 0. The summed E-state index contributed by atoms with van der Waals surface area (Å²) in [5, 5.41) is 1.45. The fourth-order valence-electron chi connectivity index (χ4n) is 2.10. The average molecular weight is 238 g/mol. The van der Waals surface area contributed by atoms with Gasteiger partial charge in [0.25, 0.3) is 0 Å². The molecule has 1 N–H and O–H groups in total. The van der Waals surface area contributed by atoms with Crippen LogP contribution in [0.5, 0.6) is 0 Å². The molecular formula is C14H10N2O2. The van der Waals surface area contributed by atoms with Gasteiger partial charge in [-0.15, -0.1) is 0 Å². The molecule has 0 atom stereocenters. The number of carbonyl (C=O) groups is 1. The minimum Gasteiger partial charge on any atom is -0.358 e. The summed E-state index contributed by atoms with van der Waals surface area (Å²) in [6.07, 6.45) is 3.14. The van der Waals surface area contributed by atoms with E-state index in [9.17, 15) is 9.59 Å².